The van der Waals surface area contributed by atoms with E-state index in [1.165, 1.54) is 12.1 Å². The number of nitrogens with one attached hydrogen (secondary N) is 1. The number of aryl methyl sites for hydroxylation is 1. The summed E-state index contributed by atoms with van der Waals surface area (Å²) in [6.07, 6.45) is 0.0119. The van der Waals surface area contributed by atoms with Crippen molar-refractivity contribution < 1.29 is 18.3 Å². The molecule has 110 valence electrons. The second-order valence-electron chi connectivity index (χ2n) is 4.61. The standard InChI is InChI=1S/C13H16ClNO4S/c1-8(2)6-11(13(16)17)15-20(18,19)12-5-4-9(3)7-10(12)14/h4-5,7,11,15H,1,6H2,2-3H3,(H,16,17). The Labute approximate surface area is 123 Å². The van der Waals surface area contributed by atoms with E-state index in [1.54, 1.807) is 19.9 Å². The number of sulfonamides is 1. The molecule has 0 aliphatic heterocycles. The third kappa shape index (κ3) is 4.33. The fraction of sp³-hybridized carbons (Fsp3) is 0.308. The van der Waals surface area contributed by atoms with Crippen molar-refractivity contribution >= 4 is 27.6 Å². The van der Waals surface area contributed by atoms with Crippen LogP contribution in [-0.4, -0.2) is 25.5 Å². The summed E-state index contributed by atoms with van der Waals surface area (Å²) in [6.45, 7) is 6.99. The summed E-state index contributed by atoms with van der Waals surface area (Å²) >= 11 is 5.90. The second kappa shape index (κ2) is 6.39. The Hall–Kier alpha value is -1.37. The average molecular weight is 318 g/mol. The van der Waals surface area contributed by atoms with E-state index in [1.807, 2.05) is 0 Å². The number of carboxylic acids is 1. The highest BCUT2D eigenvalue weighted by Crippen LogP contribution is 2.23. The Balaban J connectivity index is 3.09. The predicted octanol–water partition coefficient (Wildman–Crippen LogP) is 2.35. The van der Waals surface area contributed by atoms with Crippen LogP contribution < -0.4 is 4.72 Å². The van der Waals surface area contributed by atoms with Crippen molar-refractivity contribution in [3.63, 3.8) is 0 Å². The van der Waals surface area contributed by atoms with E-state index in [0.29, 0.717) is 5.57 Å². The minimum absolute atomic E-state index is 0.0119. The first kappa shape index (κ1) is 16.7. The largest absolute Gasteiger partial charge is 0.480 e. The zero-order valence-electron chi connectivity index (χ0n) is 11.2. The number of halogens is 1. The molecule has 1 atom stereocenters. The summed E-state index contributed by atoms with van der Waals surface area (Å²) in [4.78, 5) is 10.9. The van der Waals surface area contributed by atoms with Gasteiger partial charge in [0.25, 0.3) is 0 Å². The molecule has 0 spiro atoms. The molecule has 0 fully saturated rings. The molecule has 0 aromatic heterocycles. The summed E-state index contributed by atoms with van der Waals surface area (Å²) < 4.78 is 26.5. The lowest BCUT2D eigenvalue weighted by molar-refractivity contribution is -0.138. The van der Waals surface area contributed by atoms with E-state index >= 15 is 0 Å². The fourth-order valence-corrected chi connectivity index (χ4v) is 3.39. The van der Waals surface area contributed by atoms with Crippen LogP contribution >= 0.6 is 11.6 Å². The van der Waals surface area contributed by atoms with Crippen LogP contribution in [0.15, 0.2) is 35.2 Å². The SMILES string of the molecule is C=C(C)CC(NS(=O)(=O)c1ccc(C)cc1Cl)C(=O)O. The van der Waals surface area contributed by atoms with Crippen LogP contribution in [-0.2, 0) is 14.8 Å². The van der Waals surface area contributed by atoms with Crippen molar-refractivity contribution in [3.8, 4) is 0 Å². The molecule has 0 saturated carbocycles. The molecule has 0 heterocycles. The molecule has 20 heavy (non-hydrogen) atoms. The first-order valence-electron chi connectivity index (χ1n) is 5.79. The van der Waals surface area contributed by atoms with Gasteiger partial charge in [-0.15, -0.1) is 6.58 Å². The van der Waals surface area contributed by atoms with Gasteiger partial charge in [0.1, 0.15) is 10.9 Å². The lowest BCUT2D eigenvalue weighted by Gasteiger charge is -2.15. The molecule has 1 aromatic carbocycles. The molecule has 1 rings (SSSR count). The Morgan fingerprint density at radius 2 is 2.10 bits per heavy atom. The average Bonchev–Trinajstić information content (AvgIpc) is 2.26. The van der Waals surface area contributed by atoms with Crippen LogP contribution in [0.25, 0.3) is 0 Å². The van der Waals surface area contributed by atoms with Crippen LogP contribution in [0.4, 0.5) is 0 Å². The normalized spacial score (nSPS) is 12.9. The molecule has 0 saturated heterocycles. The number of benzene rings is 1. The van der Waals surface area contributed by atoms with Gasteiger partial charge in [-0.3, -0.25) is 4.79 Å². The minimum atomic E-state index is -4.00. The lowest BCUT2D eigenvalue weighted by atomic mass is 10.1. The monoisotopic (exact) mass is 317 g/mol. The third-order valence-electron chi connectivity index (χ3n) is 2.52. The fourth-order valence-electron chi connectivity index (χ4n) is 1.60. The van der Waals surface area contributed by atoms with Gasteiger partial charge in [-0.05, 0) is 38.0 Å². The molecule has 7 heteroatoms. The maximum absolute atomic E-state index is 12.2. The van der Waals surface area contributed by atoms with Crippen LogP contribution in [0, 0.1) is 6.92 Å². The van der Waals surface area contributed by atoms with Crippen LogP contribution in [0.2, 0.25) is 5.02 Å². The van der Waals surface area contributed by atoms with Gasteiger partial charge in [-0.2, -0.15) is 4.72 Å². The maximum atomic E-state index is 12.2. The molecule has 0 radical (unpaired) electrons. The molecule has 0 aliphatic rings. The van der Waals surface area contributed by atoms with Crippen molar-refractivity contribution in [2.45, 2.75) is 31.2 Å². The van der Waals surface area contributed by atoms with E-state index in [2.05, 4.69) is 11.3 Å². The van der Waals surface area contributed by atoms with Gasteiger partial charge in [-0.25, -0.2) is 8.42 Å². The summed E-state index contributed by atoms with van der Waals surface area (Å²) in [6, 6.07) is 3.18. The van der Waals surface area contributed by atoms with Crippen LogP contribution in [0.5, 0.6) is 0 Å². The van der Waals surface area contributed by atoms with Gasteiger partial charge in [0, 0.05) is 0 Å². The number of carboxylic acid groups (broad SMARTS) is 1. The van der Waals surface area contributed by atoms with Gasteiger partial charge >= 0.3 is 5.97 Å². The zero-order chi connectivity index (χ0) is 15.5. The van der Waals surface area contributed by atoms with E-state index < -0.39 is 22.0 Å². The number of carbonyl (C=O) groups is 1. The van der Waals surface area contributed by atoms with E-state index in [-0.39, 0.29) is 16.3 Å². The third-order valence-corrected chi connectivity index (χ3v) is 4.48. The highest BCUT2D eigenvalue weighted by atomic mass is 35.5. The summed E-state index contributed by atoms with van der Waals surface area (Å²) in [7, 11) is -4.00. The van der Waals surface area contributed by atoms with Crippen molar-refractivity contribution in [2.75, 3.05) is 0 Å². The molecule has 2 N–H and O–H groups in total. The predicted molar refractivity (Wildman–Crippen MR) is 77.4 cm³/mol. The molecule has 5 nitrogen and oxygen atoms in total. The summed E-state index contributed by atoms with van der Waals surface area (Å²) in [5.41, 5.74) is 1.38. The molecule has 0 bridgehead atoms. The summed E-state index contributed by atoms with van der Waals surface area (Å²) in [5.74, 6) is -1.26. The maximum Gasteiger partial charge on any atom is 0.322 e. The smallest absolute Gasteiger partial charge is 0.322 e. The van der Waals surface area contributed by atoms with Gasteiger partial charge in [-0.1, -0.05) is 23.2 Å². The van der Waals surface area contributed by atoms with Crippen molar-refractivity contribution in [1.82, 2.24) is 4.72 Å². The second-order valence-corrected chi connectivity index (χ2v) is 6.70. The lowest BCUT2D eigenvalue weighted by Crippen LogP contribution is -2.40. The van der Waals surface area contributed by atoms with Crippen molar-refractivity contribution in [3.05, 3.63) is 40.9 Å². The number of rotatable bonds is 6. The number of hydrogen-bond donors (Lipinski definition) is 2. The molecule has 1 unspecified atom stereocenters. The first-order chi connectivity index (χ1) is 9.13. The first-order valence-corrected chi connectivity index (χ1v) is 7.65. The van der Waals surface area contributed by atoms with E-state index in [4.69, 9.17) is 16.7 Å². The Morgan fingerprint density at radius 1 is 1.50 bits per heavy atom. The molecular formula is C13H16ClNO4S. The highest BCUT2D eigenvalue weighted by Gasteiger charge is 2.26. The van der Waals surface area contributed by atoms with Crippen LogP contribution in [0.1, 0.15) is 18.9 Å². The quantitative estimate of drug-likeness (QED) is 0.789. The zero-order valence-corrected chi connectivity index (χ0v) is 12.8. The Kier molecular flexibility index (Phi) is 5.33. The number of aliphatic carboxylic acids is 1. The highest BCUT2D eigenvalue weighted by molar-refractivity contribution is 7.89. The van der Waals surface area contributed by atoms with Crippen LogP contribution in [0.3, 0.4) is 0 Å². The Bertz CT molecular complexity index is 640. The molecule has 1 aromatic rings. The summed E-state index contributed by atoms with van der Waals surface area (Å²) in [5, 5.41) is 9.10. The van der Waals surface area contributed by atoms with Gasteiger partial charge in [0.15, 0.2) is 0 Å². The Morgan fingerprint density at radius 3 is 2.55 bits per heavy atom. The molecule has 0 amide bonds. The van der Waals surface area contributed by atoms with Gasteiger partial charge < -0.3 is 5.11 Å². The topological polar surface area (TPSA) is 83.5 Å². The van der Waals surface area contributed by atoms with Gasteiger partial charge in [0.2, 0.25) is 10.0 Å². The number of hydrogen-bond acceptors (Lipinski definition) is 3. The molecular weight excluding hydrogens is 302 g/mol. The van der Waals surface area contributed by atoms with Crippen molar-refractivity contribution in [1.29, 1.82) is 0 Å². The van der Waals surface area contributed by atoms with Crippen molar-refractivity contribution in [2.24, 2.45) is 0 Å². The van der Waals surface area contributed by atoms with Gasteiger partial charge in [0.05, 0.1) is 5.02 Å². The minimum Gasteiger partial charge on any atom is -0.480 e. The molecule has 0 aliphatic carbocycles. The van der Waals surface area contributed by atoms with E-state index in [0.717, 1.165) is 5.56 Å². The van der Waals surface area contributed by atoms with E-state index in [9.17, 15) is 13.2 Å².